The fourth-order valence-corrected chi connectivity index (χ4v) is 8.85. The minimum atomic E-state index is 0.0822. The zero-order valence-corrected chi connectivity index (χ0v) is 24.2. The van der Waals surface area contributed by atoms with Crippen LogP contribution in [0.4, 0.5) is 5.69 Å². The number of aromatic hydroxyl groups is 1. The van der Waals surface area contributed by atoms with Gasteiger partial charge in [0.05, 0.1) is 6.20 Å². The Morgan fingerprint density at radius 3 is 2.24 bits per heavy atom. The van der Waals surface area contributed by atoms with Crippen molar-refractivity contribution < 1.29 is 9.90 Å². The van der Waals surface area contributed by atoms with Gasteiger partial charge in [-0.05, 0) is 116 Å². The van der Waals surface area contributed by atoms with Crippen LogP contribution >= 0.6 is 0 Å². The lowest BCUT2D eigenvalue weighted by Crippen LogP contribution is -2.51. The first-order chi connectivity index (χ1) is 19.9. The van der Waals surface area contributed by atoms with E-state index in [9.17, 15) is 9.90 Å². The number of hydrogen-bond acceptors (Lipinski definition) is 5. The summed E-state index contributed by atoms with van der Waals surface area (Å²) in [6.07, 6.45) is 11.6. The van der Waals surface area contributed by atoms with Crippen LogP contribution in [0.3, 0.4) is 0 Å². The largest absolute Gasteiger partial charge is 0.506 e. The summed E-state index contributed by atoms with van der Waals surface area (Å²) in [6, 6.07) is 16.6. The van der Waals surface area contributed by atoms with Crippen LogP contribution in [0.5, 0.6) is 5.75 Å². The molecule has 4 bridgehead atoms. The third kappa shape index (κ3) is 5.59. The molecule has 6 heteroatoms. The highest BCUT2D eigenvalue weighted by molar-refractivity contribution is 5.94. The molecular formula is C35H42N4O2. The summed E-state index contributed by atoms with van der Waals surface area (Å²) in [4.78, 5) is 22.1. The number of aromatic nitrogens is 1. The first-order valence-corrected chi connectivity index (χ1v) is 15.5. The molecule has 0 atom stereocenters. The van der Waals surface area contributed by atoms with E-state index in [-0.39, 0.29) is 11.7 Å². The van der Waals surface area contributed by atoms with E-state index < -0.39 is 0 Å². The van der Waals surface area contributed by atoms with Gasteiger partial charge in [-0.1, -0.05) is 18.2 Å². The lowest BCUT2D eigenvalue weighted by atomic mass is 9.49. The second kappa shape index (κ2) is 10.8. The molecule has 4 aliphatic carbocycles. The Morgan fingerprint density at radius 2 is 1.61 bits per heavy atom. The van der Waals surface area contributed by atoms with Gasteiger partial charge in [-0.3, -0.25) is 14.7 Å². The molecule has 0 unspecified atom stereocenters. The van der Waals surface area contributed by atoms with Crippen molar-refractivity contribution in [2.24, 2.45) is 23.2 Å². The van der Waals surface area contributed by atoms with E-state index in [4.69, 9.17) is 0 Å². The quantitative estimate of drug-likeness (QED) is 0.376. The Bertz CT molecular complexity index is 1370. The van der Waals surface area contributed by atoms with Crippen molar-refractivity contribution >= 4 is 11.6 Å². The van der Waals surface area contributed by atoms with E-state index in [1.54, 1.807) is 12.3 Å². The molecule has 8 rings (SSSR count). The molecule has 6 nitrogen and oxygen atoms in total. The highest BCUT2D eigenvalue weighted by Gasteiger charge is 2.50. The molecule has 5 fully saturated rings. The Hall–Kier alpha value is -3.38. The van der Waals surface area contributed by atoms with E-state index in [0.717, 1.165) is 73.7 Å². The molecule has 1 saturated heterocycles. The molecular weight excluding hydrogens is 508 g/mol. The van der Waals surface area contributed by atoms with Gasteiger partial charge in [0, 0.05) is 62.3 Å². The van der Waals surface area contributed by atoms with Crippen molar-refractivity contribution in [2.75, 3.05) is 37.6 Å². The molecule has 41 heavy (non-hydrogen) atoms. The zero-order valence-electron chi connectivity index (χ0n) is 24.2. The van der Waals surface area contributed by atoms with Crippen molar-refractivity contribution in [2.45, 2.75) is 52.0 Å². The summed E-state index contributed by atoms with van der Waals surface area (Å²) >= 11 is 0. The number of hydrogen-bond donors (Lipinski definition) is 2. The van der Waals surface area contributed by atoms with Crippen LogP contribution in [-0.2, 0) is 6.54 Å². The van der Waals surface area contributed by atoms with Gasteiger partial charge in [0.15, 0.2) is 0 Å². The van der Waals surface area contributed by atoms with Gasteiger partial charge in [0.2, 0.25) is 0 Å². The third-order valence-electron chi connectivity index (χ3n) is 10.4. The van der Waals surface area contributed by atoms with Crippen molar-refractivity contribution in [1.82, 2.24) is 15.2 Å². The predicted octanol–water partition coefficient (Wildman–Crippen LogP) is 6.03. The Labute approximate surface area is 243 Å². The second-order valence-electron chi connectivity index (χ2n) is 13.5. The average Bonchev–Trinajstić information content (AvgIpc) is 2.96. The van der Waals surface area contributed by atoms with Gasteiger partial charge in [-0.2, -0.15) is 0 Å². The SMILES string of the molecule is Cc1cc(CN2CCN(c3ccc(C(=O)NCC45CC6CC(CC(C6)C4)C5)cc3)CC2)ccc1-c1cncc(O)c1. The molecule has 1 amide bonds. The van der Waals surface area contributed by atoms with Crippen LogP contribution in [-0.4, -0.2) is 53.6 Å². The highest BCUT2D eigenvalue weighted by atomic mass is 16.3. The lowest BCUT2D eigenvalue weighted by molar-refractivity contribution is -0.0503. The number of nitrogens with one attached hydrogen (secondary N) is 1. The summed E-state index contributed by atoms with van der Waals surface area (Å²) in [5, 5.41) is 13.1. The summed E-state index contributed by atoms with van der Waals surface area (Å²) in [7, 11) is 0. The van der Waals surface area contributed by atoms with E-state index in [1.165, 1.54) is 61.5 Å². The molecule has 3 aromatic rings. The molecule has 0 radical (unpaired) electrons. The van der Waals surface area contributed by atoms with Crippen molar-refractivity contribution in [1.29, 1.82) is 0 Å². The van der Waals surface area contributed by atoms with Crippen LogP contribution in [0.25, 0.3) is 11.1 Å². The fourth-order valence-electron chi connectivity index (χ4n) is 8.85. The number of pyridine rings is 1. The normalized spacial score (nSPS) is 27.2. The van der Waals surface area contributed by atoms with E-state index in [0.29, 0.717) is 5.41 Å². The lowest BCUT2D eigenvalue weighted by Gasteiger charge is -2.56. The molecule has 1 aromatic heterocycles. The number of benzene rings is 2. The zero-order chi connectivity index (χ0) is 28.0. The summed E-state index contributed by atoms with van der Waals surface area (Å²) in [5.74, 6) is 3.01. The first kappa shape index (κ1) is 26.5. The Kier molecular flexibility index (Phi) is 6.98. The van der Waals surface area contributed by atoms with Crippen LogP contribution < -0.4 is 10.2 Å². The molecule has 1 aliphatic heterocycles. The van der Waals surface area contributed by atoms with Crippen molar-refractivity contribution in [3.8, 4) is 16.9 Å². The van der Waals surface area contributed by atoms with E-state index in [1.807, 2.05) is 12.1 Å². The van der Waals surface area contributed by atoms with Gasteiger partial charge >= 0.3 is 0 Å². The van der Waals surface area contributed by atoms with Gasteiger partial charge in [0.25, 0.3) is 5.91 Å². The van der Waals surface area contributed by atoms with Crippen molar-refractivity contribution in [3.05, 3.63) is 77.6 Å². The number of rotatable bonds is 7. The standard InChI is InChI=1S/C35H42N4O2/c1-24-12-25(2-7-33(24)30-16-32(40)21-36-20-30)22-38-8-10-39(11-9-38)31-5-3-29(4-6-31)34(41)37-23-35-17-26-13-27(18-35)15-28(14-26)19-35/h2-7,12,16,20-21,26-28,40H,8-11,13-15,17-19,22-23H2,1H3,(H,37,41). The fraction of sp³-hybridized carbons (Fsp3) is 0.486. The van der Waals surface area contributed by atoms with Gasteiger partial charge in [-0.15, -0.1) is 0 Å². The average molecular weight is 551 g/mol. The number of carbonyl (C=O) groups is 1. The Morgan fingerprint density at radius 1 is 0.927 bits per heavy atom. The van der Waals surface area contributed by atoms with Crippen LogP contribution in [0.2, 0.25) is 0 Å². The smallest absolute Gasteiger partial charge is 0.251 e. The maximum atomic E-state index is 13.0. The second-order valence-corrected chi connectivity index (χ2v) is 13.5. The molecule has 0 spiro atoms. The maximum absolute atomic E-state index is 13.0. The maximum Gasteiger partial charge on any atom is 0.251 e. The number of piperazine rings is 1. The summed E-state index contributed by atoms with van der Waals surface area (Å²) < 4.78 is 0. The van der Waals surface area contributed by atoms with Crippen LogP contribution in [0.1, 0.15) is 60.0 Å². The van der Waals surface area contributed by atoms with Crippen molar-refractivity contribution in [3.63, 3.8) is 0 Å². The number of anilines is 1. The number of amides is 1. The molecule has 214 valence electrons. The minimum Gasteiger partial charge on any atom is -0.506 e. The highest BCUT2D eigenvalue weighted by Crippen LogP contribution is 2.59. The monoisotopic (exact) mass is 550 g/mol. The predicted molar refractivity (Wildman–Crippen MR) is 163 cm³/mol. The molecule has 4 saturated carbocycles. The van der Waals surface area contributed by atoms with Crippen LogP contribution in [0.15, 0.2) is 60.9 Å². The molecule has 5 aliphatic rings. The molecule has 2 aromatic carbocycles. The van der Waals surface area contributed by atoms with Gasteiger partial charge in [0.1, 0.15) is 5.75 Å². The topological polar surface area (TPSA) is 68.7 Å². The molecule has 2 heterocycles. The number of aryl methyl sites for hydroxylation is 1. The van der Waals surface area contributed by atoms with E-state index >= 15 is 0 Å². The summed E-state index contributed by atoms with van der Waals surface area (Å²) in [6.45, 7) is 7.86. The first-order valence-electron chi connectivity index (χ1n) is 15.5. The summed E-state index contributed by atoms with van der Waals surface area (Å²) in [5.41, 5.74) is 6.88. The number of carbonyl (C=O) groups excluding carboxylic acids is 1. The minimum absolute atomic E-state index is 0.0822. The Balaban J connectivity index is 0.904. The molecule has 2 N–H and O–H groups in total. The number of nitrogens with zero attached hydrogens (tertiary/aromatic N) is 3. The third-order valence-corrected chi connectivity index (χ3v) is 10.4. The van der Waals surface area contributed by atoms with E-state index in [2.05, 4.69) is 57.4 Å². The van der Waals surface area contributed by atoms with Gasteiger partial charge < -0.3 is 15.3 Å². The van der Waals surface area contributed by atoms with Gasteiger partial charge in [-0.25, -0.2) is 0 Å². The van der Waals surface area contributed by atoms with Crippen LogP contribution in [0, 0.1) is 30.1 Å².